The zero-order valence-electron chi connectivity index (χ0n) is 32.9. The molecular weight excluding hydrogens is 716 g/mol. The lowest BCUT2D eigenvalue weighted by atomic mass is 9.35. The van der Waals surface area contributed by atoms with Gasteiger partial charge < -0.3 is 10.2 Å². The third-order valence-electron chi connectivity index (χ3n) is 12.9. The fourth-order valence-electron chi connectivity index (χ4n) is 9.92. The van der Waals surface area contributed by atoms with Gasteiger partial charge in [-0.25, -0.2) is 4.39 Å². The third-order valence-corrected chi connectivity index (χ3v) is 12.9. The molecule has 288 valence electrons. The molecule has 2 unspecified atom stereocenters. The predicted molar refractivity (Wildman–Crippen MR) is 216 cm³/mol. The van der Waals surface area contributed by atoms with Gasteiger partial charge >= 0.3 is 0 Å². The van der Waals surface area contributed by atoms with Crippen LogP contribution in [0, 0.1) is 31.1 Å². The smallest absolute Gasteiger partial charge is 0.254 e. The molecule has 6 aromatic rings. The molecule has 0 saturated heterocycles. The summed E-state index contributed by atoms with van der Waals surface area (Å²) in [6.45, 7) is 8.93. The summed E-state index contributed by atoms with van der Waals surface area (Å²) in [7, 11) is 1.95. The van der Waals surface area contributed by atoms with Crippen molar-refractivity contribution < 1.29 is 14.0 Å². The van der Waals surface area contributed by atoms with Crippen LogP contribution in [0.1, 0.15) is 82.4 Å². The van der Waals surface area contributed by atoms with Crippen LogP contribution in [0.5, 0.6) is 0 Å². The average molecular weight is 761 g/mol. The number of hydrogen-bond acceptors (Lipinski definition) is 6. The molecule has 1 N–H and O–H groups in total. The lowest BCUT2D eigenvalue weighted by Gasteiger charge is -2.70. The molecule has 11 rings (SSSR count). The quantitative estimate of drug-likeness (QED) is 0.150. The minimum absolute atomic E-state index is 0.00285. The number of aryl methyl sites for hydroxylation is 3. The van der Waals surface area contributed by atoms with Gasteiger partial charge in [0, 0.05) is 101 Å². The first-order chi connectivity index (χ1) is 27.3. The molecule has 4 aromatic heterocycles. The first-order valence-electron chi connectivity index (χ1n) is 19.9. The molecule has 3 aliphatic carbocycles. The van der Waals surface area contributed by atoms with Crippen molar-refractivity contribution in [2.24, 2.45) is 17.3 Å². The molecule has 0 radical (unpaired) electrons. The minimum atomic E-state index is -1.27. The number of carbonyl (C=O) groups is 2. The standard InChI is InChI=1S/C46H45FN8O2/c1-26-7-12-35(40(51-26)28-8-9-30-20-48-43(56)37(30)16-28)33-22-50-55(24-33)25-46-18-31(19-46)39(46)42-36-13-10-29(17-38(36)44(57)53(42)5)41-34(11-6-27(2)52-41)32-21-49-54(23-32)15-14-45(3,4)47/h6-13,16-17,21-24,31,39,42H,14-15,18-20,25H2,1-5H3,(H,48,56). The summed E-state index contributed by atoms with van der Waals surface area (Å²) in [6.07, 6.45) is 10.4. The Kier molecular flexibility index (Phi) is 7.94. The second kappa shape index (κ2) is 12.8. The van der Waals surface area contributed by atoms with E-state index < -0.39 is 5.67 Å². The molecule has 0 spiro atoms. The highest BCUT2D eigenvalue weighted by molar-refractivity contribution is 6.01. The van der Waals surface area contributed by atoms with Crippen LogP contribution in [0.2, 0.25) is 0 Å². The van der Waals surface area contributed by atoms with E-state index in [0.717, 1.165) is 92.2 Å². The summed E-state index contributed by atoms with van der Waals surface area (Å²) < 4.78 is 18.1. The Balaban J connectivity index is 0.913. The van der Waals surface area contributed by atoms with Crippen LogP contribution in [0.3, 0.4) is 0 Å². The number of carbonyl (C=O) groups excluding carboxylic acids is 2. The highest BCUT2D eigenvalue weighted by Gasteiger charge is 2.69. The van der Waals surface area contributed by atoms with E-state index in [-0.39, 0.29) is 23.3 Å². The van der Waals surface area contributed by atoms with Gasteiger partial charge in [-0.3, -0.25) is 28.9 Å². The Morgan fingerprint density at radius 1 is 0.789 bits per heavy atom. The molecule has 2 bridgehead atoms. The summed E-state index contributed by atoms with van der Waals surface area (Å²) in [4.78, 5) is 38.3. The number of halogens is 1. The first kappa shape index (κ1) is 35.4. The van der Waals surface area contributed by atoms with Crippen LogP contribution in [0.25, 0.3) is 44.8 Å². The fourth-order valence-corrected chi connectivity index (χ4v) is 9.92. The lowest BCUT2D eigenvalue weighted by molar-refractivity contribution is -0.224. The number of hydrogen-bond donors (Lipinski definition) is 1. The second-order valence-corrected chi connectivity index (χ2v) is 17.4. The maximum absolute atomic E-state index is 14.2. The summed E-state index contributed by atoms with van der Waals surface area (Å²) in [5, 5.41) is 12.3. The lowest BCUT2D eigenvalue weighted by Crippen LogP contribution is -2.66. The van der Waals surface area contributed by atoms with Crippen LogP contribution >= 0.6 is 0 Å². The van der Waals surface area contributed by atoms with E-state index in [1.165, 1.54) is 0 Å². The number of aromatic nitrogens is 6. The maximum Gasteiger partial charge on any atom is 0.254 e. The van der Waals surface area contributed by atoms with Crippen LogP contribution in [0.15, 0.2) is 85.5 Å². The van der Waals surface area contributed by atoms with E-state index in [1.54, 1.807) is 24.7 Å². The summed E-state index contributed by atoms with van der Waals surface area (Å²) in [5.74, 6) is 0.904. The Morgan fingerprint density at radius 3 is 2.04 bits per heavy atom. The van der Waals surface area contributed by atoms with Crippen molar-refractivity contribution in [1.82, 2.24) is 39.7 Å². The van der Waals surface area contributed by atoms with Gasteiger partial charge in [-0.2, -0.15) is 10.2 Å². The van der Waals surface area contributed by atoms with Crippen molar-refractivity contribution in [1.29, 1.82) is 0 Å². The number of fused-ring (bicyclic) bond motifs is 2. The van der Waals surface area contributed by atoms with E-state index in [2.05, 4.69) is 45.6 Å². The molecule has 2 amide bonds. The number of rotatable bonds is 10. The van der Waals surface area contributed by atoms with E-state index >= 15 is 0 Å². The van der Waals surface area contributed by atoms with Crippen LogP contribution in [-0.4, -0.2) is 59.0 Å². The van der Waals surface area contributed by atoms with E-state index in [1.807, 2.05) is 74.6 Å². The van der Waals surface area contributed by atoms with Gasteiger partial charge in [0.05, 0.1) is 29.8 Å². The predicted octanol–water partition coefficient (Wildman–Crippen LogP) is 8.39. The zero-order valence-corrected chi connectivity index (χ0v) is 32.9. The Labute approximate surface area is 331 Å². The molecule has 2 atom stereocenters. The number of benzene rings is 2. The van der Waals surface area contributed by atoms with Crippen molar-refractivity contribution in [3.63, 3.8) is 0 Å². The molecule has 3 fully saturated rings. The van der Waals surface area contributed by atoms with Crippen LogP contribution in [0.4, 0.5) is 4.39 Å². The Bertz CT molecular complexity index is 2630. The van der Waals surface area contributed by atoms with E-state index in [4.69, 9.17) is 15.1 Å². The highest BCUT2D eigenvalue weighted by atomic mass is 19.1. The minimum Gasteiger partial charge on any atom is -0.348 e. The second-order valence-electron chi connectivity index (χ2n) is 17.4. The third kappa shape index (κ3) is 5.89. The molecule has 10 nitrogen and oxygen atoms in total. The van der Waals surface area contributed by atoms with Gasteiger partial charge in [-0.1, -0.05) is 36.4 Å². The van der Waals surface area contributed by atoms with Gasteiger partial charge in [-0.15, -0.1) is 0 Å². The number of amides is 2. The van der Waals surface area contributed by atoms with E-state index in [9.17, 15) is 14.0 Å². The van der Waals surface area contributed by atoms with Gasteiger partial charge in [0.25, 0.3) is 11.8 Å². The van der Waals surface area contributed by atoms with Crippen LogP contribution in [-0.2, 0) is 19.6 Å². The molecule has 2 aromatic carbocycles. The molecule has 5 aliphatic rings. The first-order valence-corrected chi connectivity index (χ1v) is 19.9. The molecule has 2 aliphatic heterocycles. The summed E-state index contributed by atoms with van der Waals surface area (Å²) >= 11 is 0. The molecule has 3 saturated carbocycles. The van der Waals surface area contributed by atoms with Crippen LogP contribution < -0.4 is 5.32 Å². The Hall–Kier alpha value is -5.97. The monoisotopic (exact) mass is 760 g/mol. The number of pyridine rings is 2. The number of alkyl halides is 1. The van der Waals surface area contributed by atoms with Crippen molar-refractivity contribution in [2.45, 2.75) is 78.3 Å². The summed E-state index contributed by atoms with van der Waals surface area (Å²) in [6, 6.07) is 20.4. The molecule has 11 heteroatoms. The van der Waals surface area contributed by atoms with E-state index in [0.29, 0.717) is 36.9 Å². The Morgan fingerprint density at radius 2 is 1.40 bits per heavy atom. The normalized spacial score (nSPS) is 21.9. The van der Waals surface area contributed by atoms with Crippen molar-refractivity contribution in [2.75, 3.05) is 7.05 Å². The summed E-state index contributed by atoms with van der Waals surface area (Å²) in [5.41, 5.74) is 11.3. The highest BCUT2D eigenvalue weighted by Crippen LogP contribution is 2.74. The molecule has 6 heterocycles. The molecule has 57 heavy (non-hydrogen) atoms. The largest absolute Gasteiger partial charge is 0.348 e. The number of nitrogens with zero attached hydrogens (tertiary/aromatic N) is 7. The average Bonchev–Trinajstić information content (AvgIpc) is 3.97. The fraction of sp³-hybridized carbons (Fsp3) is 0.348. The number of nitrogens with one attached hydrogen (secondary N) is 1. The van der Waals surface area contributed by atoms with Gasteiger partial charge in [-0.05, 0) is 93.2 Å². The van der Waals surface area contributed by atoms with Gasteiger partial charge in [0.2, 0.25) is 0 Å². The van der Waals surface area contributed by atoms with Crippen molar-refractivity contribution in [3.05, 3.63) is 119 Å². The van der Waals surface area contributed by atoms with Crippen molar-refractivity contribution >= 4 is 11.8 Å². The van der Waals surface area contributed by atoms with Crippen molar-refractivity contribution in [3.8, 4) is 44.8 Å². The maximum atomic E-state index is 14.2. The van der Waals surface area contributed by atoms with Gasteiger partial charge in [0.1, 0.15) is 5.67 Å². The SMILES string of the molecule is Cc1ccc(-c2cnn(CC34CC(C3)C4C3c4ccc(-c5nc(C)ccc5-c5cnn(CCC(C)(C)F)c5)cc4C(=O)N3C)c2)c(-c2ccc3c(c2)C(=O)NC3)n1. The van der Waals surface area contributed by atoms with Gasteiger partial charge in [0.15, 0.2) is 0 Å². The molecular formula is C46H45FN8O2. The zero-order chi connectivity index (χ0) is 39.4. The topological polar surface area (TPSA) is 111 Å².